The maximum Gasteiger partial charge on any atom is 0.394 e. The molecule has 0 saturated carbocycles. The van der Waals surface area contributed by atoms with Crippen LogP contribution in [0.25, 0.3) is 10.9 Å². The van der Waals surface area contributed by atoms with Gasteiger partial charge in [0.05, 0.1) is 5.52 Å². The van der Waals surface area contributed by atoms with Crippen molar-refractivity contribution in [1.82, 2.24) is 4.98 Å². The van der Waals surface area contributed by atoms with Crippen LogP contribution in [0.3, 0.4) is 0 Å². The molecule has 0 fully saturated rings. The van der Waals surface area contributed by atoms with E-state index in [1.54, 1.807) is 19.1 Å². The van der Waals surface area contributed by atoms with Gasteiger partial charge in [-0.15, -0.1) is 0 Å². The Kier molecular flexibility index (Phi) is 4.68. The smallest absolute Gasteiger partial charge is 0.394 e. The molecule has 6 heteroatoms. The van der Waals surface area contributed by atoms with Crippen molar-refractivity contribution in [3.63, 3.8) is 0 Å². The standard InChI is InChI=1S/C20H21F2N3O/c1-12-10-14(8-9-18(12)26-20(3,21)22)24-19-13(2)11-15-16(23-4)6-5-7-17(15)25-19/h5-11,23H,1-4H3,(H,24,25). The molecule has 26 heavy (non-hydrogen) atoms. The van der Waals surface area contributed by atoms with Crippen molar-refractivity contribution in [2.45, 2.75) is 26.9 Å². The fourth-order valence-corrected chi connectivity index (χ4v) is 2.81. The summed E-state index contributed by atoms with van der Waals surface area (Å²) in [5.41, 5.74) is 4.24. The Bertz CT molecular complexity index is 952. The SMILES string of the molecule is CNc1cccc2nc(Nc3ccc(OC(C)(F)F)c(C)c3)c(C)cc12. The van der Waals surface area contributed by atoms with E-state index in [2.05, 4.69) is 26.4 Å². The van der Waals surface area contributed by atoms with Gasteiger partial charge in [-0.2, -0.15) is 8.78 Å². The minimum atomic E-state index is -3.21. The van der Waals surface area contributed by atoms with E-state index in [-0.39, 0.29) is 5.75 Å². The summed E-state index contributed by atoms with van der Waals surface area (Å²) < 4.78 is 30.8. The summed E-state index contributed by atoms with van der Waals surface area (Å²) in [6.45, 7) is 4.43. The minimum Gasteiger partial charge on any atom is -0.433 e. The maximum atomic E-state index is 13.0. The summed E-state index contributed by atoms with van der Waals surface area (Å²) >= 11 is 0. The Morgan fingerprint density at radius 3 is 2.46 bits per heavy atom. The van der Waals surface area contributed by atoms with E-state index in [1.807, 2.05) is 32.2 Å². The monoisotopic (exact) mass is 357 g/mol. The summed E-state index contributed by atoms with van der Waals surface area (Å²) in [6, 6.07) is 13.0. The zero-order chi connectivity index (χ0) is 18.9. The summed E-state index contributed by atoms with van der Waals surface area (Å²) in [5.74, 6) is 0.879. The quantitative estimate of drug-likeness (QED) is 0.621. The van der Waals surface area contributed by atoms with Gasteiger partial charge in [0.1, 0.15) is 11.6 Å². The van der Waals surface area contributed by atoms with Crippen molar-refractivity contribution in [3.05, 3.63) is 53.6 Å². The molecule has 0 aliphatic carbocycles. The van der Waals surface area contributed by atoms with Gasteiger partial charge in [0.2, 0.25) is 0 Å². The molecular weight excluding hydrogens is 336 g/mol. The van der Waals surface area contributed by atoms with Gasteiger partial charge >= 0.3 is 6.11 Å². The first kappa shape index (κ1) is 17.9. The average molecular weight is 357 g/mol. The van der Waals surface area contributed by atoms with E-state index in [9.17, 15) is 8.78 Å². The number of hydrogen-bond acceptors (Lipinski definition) is 4. The number of halogens is 2. The second-order valence-corrected chi connectivity index (χ2v) is 6.29. The highest BCUT2D eigenvalue weighted by atomic mass is 19.3. The highest BCUT2D eigenvalue weighted by molar-refractivity contribution is 5.93. The van der Waals surface area contributed by atoms with Gasteiger partial charge in [0.15, 0.2) is 0 Å². The maximum absolute atomic E-state index is 13.0. The first-order valence-corrected chi connectivity index (χ1v) is 8.29. The fraction of sp³-hybridized carbons (Fsp3) is 0.250. The van der Waals surface area contributed by atoms with Crippen LogP contribution >= 0.6 is 0 Å². The molecule has 136 valence electrons. The number of aryl methyl sites for hydroxylation is 2. The largest absolute Gasteiger partial charge is 0.433 e. The van der Waals surface area contributed by atoms with Crippen LogP contribution in [0.15, 0.2) is 42.5 Å². The van der Waals surface area contributed by atoms with Crippen molar-refractivity contribution < 1.29 is 13.5 Å². The molecule has 0 bridgehead atoms. The van der Waals surface area contributed by atoms with E-state index < -0.39 is 6.11 Å². The third-order valence-electron chi connectivity index (χ3n) is 4.05. The Morgan fingerprint density at radius 2 is 1.81 bits per heavy atom. The van der Waals surface area contributed by atoms with Crippen molar-refractivity contribution in [3.8, 4) is 5.75 Å². The topological polar surface area (TPSA) is 46.2 Å². The van der Waals surface area contributed by atoms with Gasteiger partial charge in [0, 0.05) is 30.7 Å². The third kappa shape index (κ3) is 3.85. The molecule has 0 spiro atoms. The van der Waals surface area contributed by atoms with Gasteiger partial charge in [-0.1, -0.05) is 6.07 Å². The average Bonchev–Trinajstić information content (AvgIpc) is 2.56. The predicted octanol–water partition coefficient (Wildman–Crippen LogP) is 5.63. The fourth-order valence-electron chi connectivity index (χ4n) is 2.81. The normalized spacial score (nSPS) is 11.5. The van der Waals surface area contributed by atoms with Gasteiger partial charge < -0.3 is 15.4 Å². The van der Waals surface area contributed by atoms with E-state index in [1.165, 1.54) is 6.07 Å². The lowest BCUT2D eigenvalue weighted by molar-refractivity contribution is -0.159. The lowest BCUT2D eigenvalue weighted by atomic mass is 10.1. The number of nitrogens with zero attached hydrogens (tertiary/aromatic N) is 1. The molecule has 1 aromatic heterocycles. The van der Waals surface area contributed by atoms with Crippen LogP contribution in [0.4, 0.5) is 26.0 Å². The number of aromatic nitrogens is 1. The minimum absolute atomic E-state index is 0.157. The Balaban J connectivity index is 1.91. The predicted molar refractivity (Wildman–Crippen MR) is 102 cm³/mol. The first-order valence-electron chi connectivity index (χ1n) is 8.29. The molecule has 3 rings (SSSR count). The summed E-state index contributed by atoms with van der Waals surface area (Å²) in [5, 5.41) is 7.47. The number of alkyl halides is 2. The Morgan fingerprint density at radius 1 is 1.04 bits per heavy atom. The molecule has 0 aliphatic rings. The number of fused-ring (bicyclic) bond motifs is 1. The van der Waals surface area contributed by atoms with E-state index in [4.69, 9.17) is 0 Å². The molecule has 2 aromatic carbocycles. The molecule has 0 atom stereocenters. The number of benzene rings is 2. The number of anilines is 3. The molecule has 0 unspecified atom stereocenters. The highest BCUT2D eigenvalue weighted by Crippen LogP contribution is 2.30. The molecule has 0 amide bonds. The van der Waals surface area contributed by atoms with Crippen LogP contribution in [0, 0.1) is 13.8 Å². The van der Waals surface area contributed by atoms with Gasteiger partial charge in [0.25, 0.3) is 0 Å². The summed E-state index contributed by atoms with van der Waals surface area (Å²) in [7, 11) is 1.88. The molecule has 2 N–H and O–H groups in total. The summed E-state index contributed by atoms with van der Waals surface area (Å²) in [4.78, 5) is 4.69. The third-order valence-corrected chi connectivity index (χ3v) is 4.05. The molecule has 0 aliphatic heterocycles. The van der Waals surface area contributed by atoms with Gasteiger partial charge in [-0.05, 0) is 61.4 Å². The lowest BCUT2D eigenvalue weighted by Crippen LogP contribution is -2.19. The number of ether oxygens (including phenoxy) is 1. The van der Waals surface area contributed by atoms with Crippen molar-refractivity contribution in [2.75, 3.05) is 17.7 Å². The second kappa shape index (κ2) is 6.78. The molecule has 0 saturated heterocycles. The molecule has 1 heterocycles. The summed E-state index contributed by atoms with van der Waals surface area (Å²) in [6.07, 6.45) is -3.21. The number of rotatable bonds is 5. The lowest BCUT2D eigenvalue weighted by Gasteiger charge is -2.16. The zero-order valence-corrected chi connectivity index (χ0v) is 15.2. The second-order valence-electron chi connectivity index (χ2n) is 6.29. The number of nitrogens with one attached hydrogen (secondary N) is 2. The molecular formula is C20H21F2N3O. The number of pyridine rings is 1. The highest BCUT2D eigenvalue weighted by Gasteiger charge is 2.24. The van der Waals surface area contributed by atoms with E-state index >= 15 is 0 Å². The van der Waals surface area contributed by atoms with E-state index in [0.717, 1.165) is 40.6 Å². The van der Waals surface area contributed by atoms with Crippen LogP contribution in [-0.4, -0.2) is 18.1 Å². The van der Waals surface area contributed by atoms with Gasteiger partial charge in [-0.25, -0.2) is 4.98 Å². The Labute approximate surface area is 151 Å². The molecule has 4 nitrogen and oxygen atoms in total. The van der Waals surface area contributed by atoms with Crippen LogP contribution in [0.5, 0.6) is 5.75 Å². The van der Waals surface area contributed by atoms with Crippen LogP contribution in [0.1, 0.15) is 18.1 Å². The molecule has 0 radical (unpaired) electrons. The zero-order valence-electron chi connectivity index (χ0n) is 15.2. The number of hydrogen-bond donors (Lipinski definition) is 2. The van der Waals surface area contributed by atoms with Crippen molar-refractivity contribution >= 4 is 28.1 Å². The Hall–Kier alpha value is -2.89. The van der Waals surface area contributed by atoms with E-state index in [0.29, 0.717) is 5.56 Å². The van der Waals surface area contributed by atoms with Crippen LogP contribution in [-0.2, 0) is 0 Å². The van der Waals surface area contributed by atoms with Crippen LogP contribution < -0.4 is 15.4 Å². The van der Waals surface area contributed by atoms with Crippen molar-refractivity contribution in [2.24, 2.45) is 0 Å². The van der Waals surface area contributed by atoms with Gasteiger partial charge in [-0.3, -0.25) is 0 Å². The molecule has 3 aromatic rings. The van der Waals surface area contributed by atoms with Crippen molar-refractivity contribution in [1.29, 1.82) is 0 Å². The first-order chi connectivity index (χ1) is 12.3. The van der Waals surface area contributed by atoms with Crippen LogP contribution in [0.2, 0.25) is 0 Å².